The van der Waals surface area contributed by atoms with Gasteiger partial charge in [-0.3, -0.25) is 9.78 Å². The van der Waals surface area contributed by atoms with Crippen LogP contribution in [0.3, 0.4) is 0 Å². The van der Waals surface area contributed by atoms with E-state index in [1.165, 1.54) is 7.11 Å². The Morgan fingerprint density at radius 3 is 2.84 bits per heavy atom. The van der Waals surface area contributed by atoms with Gasteiger partial charge in [-0.05, 0) is 12.0 Å². The third-order valence-corrected chi connectivity index (χ3v) is 3.24. The molecule has 2 atom stereocenters. The highest BCUT2D eigenvalue weighted by atomic mass is 16.5. The molecular weight excluding hydrogens is 242 g/mol. The van der Waals surface area contributed by atoms with Crippen molar-refractivity contribution in [2.24, 2.45) is 5.92 Å². The van der Waals surface area contributed by atoms with Gasteiger partial charge < -0.3 is 9.84 Å². The molecule has 1 N–H and O–H groups in total. The van der Waals surface area contributed by atoms with Gasteiger partial charge in [0.05, 0.1) is 25.2 Å². The standard InChI is InChI=1S/C15H17NO3/c1-10(9-13(17)19-2)15(18)12-7-3-5-11-6-4-8-16-14(11)12/h3-8,10,15,18H,9H2,1-2H3. The van der Waals surface area contributed by atoms with Crippen molar-refractivity contribution in [3.8, 4) is 0 Å². The molecule has 4 nitrogen and oxygen atoms in total. The number of benzene rings is 1. The molecule has 0 spiro atoms. The molecule has 2 unspecified atom stereocenters. The number of aliphatic hydroxyl groups is 1. The van der Waals surface area contributed by atoms with Gasteiger partial charge in [-0.1, -0.05) is 31.2 Å². The zero-order valence-corrected chi connectivity index (χ0v) is 11.0. The Bertz CT molecular complexity index is 577. The summed E-state index contributed by atoms with van der Waals surface area (Å²) in [5.74, 6) is -0.542. The van der Waals surface area contributed by atoms with Crippen molar-refractivity contribution in [1.82, 2.24) is 4.98 Å². The maximum absolute atomic E-state index is 11.3. The van der Waals surface area contributed by atoms with Crippen molar-refractivity contribution in [3.05, 3.63) is 42.1 Å². The lowest BCUT2D eigenvalue weighted by Gasteiger charge is -2.19. The van der Waals surface area contributed by atoms with Gasteiger partial charge in [0.25, 0.3) is 0 Å². The number of rotatable bonds is 4. The number of aliphatic hydroxyl groups excluding tert-OH is 1. The minimum absolute atomic E-state index is 0.181. The number of ether oxygens (including phenoxy) is 1. The van der Waals surface area contributed by atoms with Crippen LogP contribution in [0.15, 0.2) is 36.5 Å². The van der Waals surface area contributed by atoms with Gasteiger partial charge in [0.2, 0.25) is 0 Å². The van der Waals surface area contributed by atoms with Crippen LogP contribution >= 0.6 is 0 Å². The third-order valence-electron chi connectivity index (χ3n) is 3.24. The van der Waals surface area contributed by atoms with Crippen LogP contribution in [0.1, 0.15) is 25.0 Å². The number of para-hydroxylation sites is 1. The van der Waals surface area contributed by atoms with E-state index >= 15 is 0 Å². The summed E-state index contributed by atoms with van der Waals surface area (Å²) in [4.78, 5) is 15.6. The van der Waals surface area contributed by atoms with Gasteiger partial charge >= 0.3 is 5.97 Å². The Labute approximate surface area is 112 Å². The molecule has 1 aromatic carbocycles. The highest BCUT2D eigenvalue weighted by Gasteiger charge is 2.21. The van der Waals surface area contributed by atoms with E-state index in [-0.39, 0.29) is 18.3 Å². The molecule has 0 amide bonds. The molecule has 0 aliphatic carbocycles. The summed E-state index contributed by atoms with van der Waals surface area (Å²) >= 11 is 0. The molecule has 0 aliphatic heterocycles. The average Bonchev–Trinajstić information content (AvgIpc) is 2.45. The zero-order valence-electron chi connectivity index (χ0n) is 11.0. The first-order chi connectivity index (χ1) is 9.13. The Hall–Kier alpha value is -1.94. The molecule has 1 heterocycles. The van der Waals surface area contributed by atoms with Crippen LogP contribution in [0.4, 0.5) is 0 Å². The second kappa shape index (κ2) is 5.80. The predicted octanol–water partition coefficient (Wildman–Crippen LogP) is 2.47. The SMILES string of the molecule is COC(=O)CC(C)C(O)c1cccc2cccnc12. The van der Waals surface area contributed by atoms with Crippen LogP contribution in [0, 0.1) is 5.92 Å². The minimum Gasteiger partial charge on any atom is -0.469 e. The Morgan fingerprint density at radius 2 is 2.11 bits per heavy atom. The number of carbonyl (C=O) groups excluding carboxylic acids is 1. The number of hydrogen-bond donors (Lipinski definition) is 1. The maximum Gasteiger partial charge on any atom is 0.305 e. The molecule has 0 fully saturated rings. The minimum atomic E-state index is -0.738. The Kier molecular flexibility index (Phi) is 4.12. The van der Waals surface area contributed by atoms with Gasteiger partial charge in [-0.15, -0.1) is 0 Å². The normalized spacial score (nSPS) is 14.1. The first-order valence-corrected chi connectivity index (χ1v) is 6.22. The highest BCUT2D eigenvalue weighted by molar-refractivity contribution is 5.82. The summed E-state index contributed by atoms with van der Waals surface area (Å²) in [5, 5.41) is 11.4. The lowest BCUT2D eigenvalue weighted by Crippen LogP contribution is -2.15. The van der Waals surface area contributed by atoms with E-state index in [9.17, 15) is 9.90 Å². The van der Waals surface area contributed by atoms with Crippen molar-refractivity contribution < 1.29 is 14.6 Å². The van der Waals surface area contributed by atoms with Gasteiger partial charge in [-0.2, -0.15) is 0 Å². The van der Waals surface area contributed by atoms with E-state index in [1.807, 2.05) is 37.3 Å². The number of aromatic nitrogens is 1. The molecule has 2 rings (SSSR count). The summed E-state index contributed by atoms with van der Waals surface area (Å²) in [6.07, 6.45) is 1.14. The molecule has 0 radical (unpaired) electrons. The van der Waals surface area contributed by atoms with Crippen molar-refractivity contribution in [2.75, 3.05) is 7.11 Å². The summed E-state index contributed by atoms with van der Waals surface area (Å²) < 4.78 is 4.63. The quantitative estimate of drug-likeness (QED) is 0.857. The molecule has 2 aromatic rings. The fourth-order valence-electron chi connectivity index (χ4n) is 2.13. The summed E-state index contributed by atoms with van der Waals surface area (Å²) in [5.41, 5.74) is 1.52. The van der Waals surface area contributed by atoms with Crippen molar-refractivity contribution in [2.45, 2.75) is 19.4 Å². The molecule has 100 valence electrons. The number of nitrogens with zero attached hydrogens (tertiary/aromatic N) is 1. The lowest BCUT2D eigenvalue weighted by molar-refractivity contribution is -0.142. The van der Waals surface area contributed by atoms with Gasteiger partial charge in [0.15, 0.2) is 0 Å². The fraction of sp³-hybridized carbons (Fsp3) is 0.333. The molecule has 0 aliphatic rings. The van der Waals surface area contributed by atoms with E-state index in [1.54, 1.807) is 6.20 Å². The predicted molar refractivity (Wildman–Crippen MR) is 72.5 cm³/mol. The first kappa shape index (κ1) is 13.5. The molecule has 4 heteroatoms. The van der Waals surface area contributed by atoms with Gasteiger partial charge in [0.1, 0.15) is 0 Å². The van der Waals surface area contributed by atoms with E-state index in [4.69, 9.17) is 0 Å². The van der Waals surface area contributed by atoms with Crippen LogP contribution in [0.5, 0.6) is 0 Å². The summed E-state index contributed by atoms with van der Waals surface area (Å²) in [7, 11) is 1.35. The smallest absolute Gasteiger partial charge is 0.305 e. The monoisotopic (exact) mass is 259 g/mol. The second-order valence-corrected chi connectivity index (χ2v) is 4.62. The van der Waals surface area contributed by atoms with Crippen molar-refractivity contribution in [1.29, 1.82) is 0 Å². The van der Waals surface area contributed by atoms with Crippen molar-refractivity contribution >= 4 is 16.9 Å². The van der Waals surface area contributed by atoms with E-state index in [0.717, 1.165) is 16.5 Å². The largest absolute Gasteiger partial charge is 0.469 e. The fourth-order valence-corrected chi connectivity index (χ4v) is 2.13. The topological polar surface area (TPSA) is 59.4 Å². The zero-order chi connectivity index (χ0) is 13.8. The van der Waals surface area contributed by atoms with Crippen LogP contribution in [0.2, 0.25) is 0 Å². The number of pyridine rings is 1. The number of fused-ring (bicyclic) bond motifs is 1. The molecule has 1 aromatic heterocycles. The molecule has 0 saturated heterocycles. The number of esters is 1. The number of carbonyl (C=O) groups is 1. The number of hydrogen-bond acceptors (Lipinski definition) is 4. The van der Waals surface area contributed by atoms with E-state index in [2.05, 4.69) is 9.72 Å². The van der Waals surface area contributed by atoms with Crippen LogP contribution in [-0.2, 0) is 9.53 Å². The average molecular weight is 259 g/mol. The van der Waals surface area contributed by atoms with Gasteiger partial charge in [0, 0.05) is 17.1 Å². The molecular formula is C15H17NO3. The summed E-state index contributed by atoms with van der Waals surface area (Å²) in [6.45, 7) is 1.82. The molecule has 0 saturated carbocycles. The first-order valence-electron chi connectivity index (χ1n) is 6.22. The Balaban J connectivity index is 2.30. The lowest BCUT2D eigenvalue weighted by atomic mass is 9.93. The van der Waals surface area contributed by atoms with E-state index in [0.29, 0.717) is 0 Å². The second-order valence-electron chi connectivity index (χ2n) is 4.62. The van der Waals surface area contributed by atoms with Gasteiger partial charge in [-0.25, -0.2) is 0 Å². The van der Waals surface area contributed by atoms with Crippen LogP contribution in [0.25, 0.3) is 10.9 Å². The number of methoxy groups -OCH3 is 1. The molecule has 19 heavy (non-hydrogen) atoms. The summed E-state index contributed by atoms with van der Waals surface area (Å²) in [6, 6.07) is 9.48. The third kappa shape index (κ3) is 2.90. The van der Waals surface area contributed by atoms with Crippen LogP contribution < -0.4 is 0 Å². The molecule has 0 bridgehead atoms. The maximum atomic E-state index is 11.3. The Morgan fingerprint density at radius 1 is 1.37 bits per heavy atom. The van der Waals surface area contributed by atoms with Crippen molar-refractivity contribution in [3.63, 3.8) is 0 Å². The van der Waals surface area contributed by atoms with E-state index < -0.39 is 6.10 Å². The highest BCUT2D eigenvalue weighted by Crippen LogP contribution is 2.29. The van der Waals surface area contributed by atoms with Crippen LogP contribution in [-0.4, -0.2) is 23.2 Å².